The van der Waals surface area contributed by atoms with Crippen molar-refractivity contribution in [2.75, 3.05) is 19.6 Å². The van der Waals surface area contributed by atoms with E-state index in [1.165, 1.54) is 17.7 Å². The van der Waals surface area contributed by atoms with Gasteiger partial charge in [-0.15, -0.1) is 11.3 Å². The lowest BCUT2D eigenvalue weighted by Gasteiger charge is -2.27. The van der Waals surface area contributed by atoms with Gasteiger partial charge >= 0.3 is 0 Å². The minimum absolute atomic E-state index is 0.0809. The van der Waals surface area contributed by atoms with E-state index in [1.807, 2.05) is 31.2 Å². The zero-order valence-corrected chi connectivity index (χ0v) is 16.8. The van der Waals surface area contributed by atoms with Crippen molar-refractivity contribution in [2.24, 2.45) is 0 Å². The standard InChI is InChI=1S/C21H22ClN3OS/c1-14-17(12-15-11-16(22)6-7-18(15)24-14)21(26)23-13-19(20-5-4-10-27-20)25-8-2-3-9-25/h4-7,10-12,19H,2-3,8-9,13H2,1H3,(H,23,26)/t19-/m0/s1. The summed E-state index contributed by atoms with van der Waals surface area (Å²) in [6.45, 7) is 4.66. The van der Waals surface area contributed by atoms with Crippen LogP contribution in [0.5, 0.6) is 0 Å². The van der Waals surface area contributed by atoms with Gasteiger partial charge in [0.2, 0.25) is 0 Å². The second-order valence-corrected chi connectivity index (χ2v) is 8.36. The molecular formula is C21H22ClN3OS. The fourth-order valence-corrected chi connectivity index (χ4v) is 4.74. The number of hydrogen-bond donors (Lipinski definition) is 1. The monoisotopic (exact) mass is 399 g/mol. The van der Waals surface area contributed by atoms with Gasteiger partial charge in [-0.25, -0.2) is 0 Å². The summed E-state index contributed by atoms with van der Waals surface area (Å²) in [7, 11) is 0. The lowest BCUT2D eigenvalue weighted by molar-refractivity contribution is 0.0937. The molecule has 1 aliphatic heterocycles. The molecule has 4 nitrogen and oxygen atoms in total. The summed E-state index contributed by atoms with van der Waals surface area (Å²) < 4.78 is 0. The highest BCUT2D eigenvalue weighted by Crippen LogP contribution is 2.28. The Bertz CT molecular complexity index is 951. The Hall–Kier alpha value is -1.95. The van der Waals surface area contributed by atoms with Gasteiger partial charge in [0, 0.05) is 21.8 Å². The molecule has 0 spiro atoms. The highest BCUT2D eigenvalue weighted by atomic mass is 35.5. The molecule has 2 aromatic heterocycles. The van der Waals surface area contributed by atoms with E-state index in [0.717, 1.165) is 29.7 Å². The minimum Gasteiger partial charge on any atom is -0.350 e. The van der Waals surface area contributed by atoms with Crippen LogP contribution >= 0.6 is 22.9 Å². The second kappa shape index (κ2) is 7.97. The zero-order valence-electron chi connectivity index (χ0n) is 15.2. The van der Waals surface area contributed by atoms with Crippen molar-refractivity contribution >= 4 is 39.7 Å². The van der Waals surface area contributed by atoms with Gasteiger partial charge in [-0.05, 0) is 68.6 Å². The van der Waals surface area contributed by atoms with Crippen molar-refractivity contribution in [1.29, 1.82) is 0 Å². The first-order valence-electron chi connectivity index (χ1n) is 9.24. The van der Waals surface area contributed by atoms with Crippen LogP contribution in [0.15, 0.2) is 41.8 Å². The predicted octanol–water partition coefficient (Wildman–Crippen LogP) is 4.83. The summed E-state index contributed by atoms with van der Waals surface area (Å²) in [6.07, 6.45) is 2.45. The van der Waals surface area contributed by atoms with Crippen LogP contribution in [0.4, 0.5) is 0 Å². The summed E-state index contributed by atoms with van der Waals surface area (Å²) in [4.78, 5) is 21.2. The Morgan fingerprint density at radius 1 is 1.30 bits per heavy atom. The Kier molecular flexibility index (Phi) is 5.43. The molecule has 140 valence electrons. The number of rotatable bonds is 5. The highest BCUT2D eigenvalue weighted by Gasteiger charge is 2.25. The summed E-state index contributed by atoms with van der Waals surface area (Å²) in [6, 6.07) is 11.9. The molecule has 27 heavy (non-hydrogen) atoms. The molecule has 1 amide bonds. The molecule has 1 aliphatic rings. The van der Waals surface area contributed by atoms with E-state index in [-0.39, 0.29) is 11.9 Å². The third-order valence-corrected chi connectivity index (χ3v) is 6.33. The molecule has 1 N–H and O–H groups in total. The molecule has 3 aromatic rings. The number of hydrogen-bond acceptors (Lipinski definition) is 4. The van der Waals surface area contributed by atoms with Crippen LogP contribution in [0.1, 0.15) is 39.8 Å². The summed E-state index contributed by atoms with van der Waals surface area (Å²) >= 11 is 7.84. The summed E-state index contributed by atoms with van der Waals surface area (Å²) in [5.41, 5.74) is 2.19. The van der Waals surface area contributed by atoms with Gasteiger partial charge in [0.05, 0.1) is 22.8 Å². The van der Waals surface area contributed by atoms with E-state index in [0.29, 0.717) is 17.1 Å². The minimum atomic E-state index is -0.0809. The van der Waals surface area contributed by atoms with Crippen LogP contribution in [0, 0.1) is 6.92 Å². The summed E-state index contributed by atoms with van der Waals surface area (Å²) in [5, 5.41) is 6.76. The number of aromatic nitrogens is 1. The Morgan fingerprint density at radius 2 is 2.11 bits per heavy atom. The van der Waals surface area contributed by atoms with Crippen LogP contribution in [0.2, 0.25) is 5.02 Å². The van der Waals surface area contributed by atoms with Gasteiger partial charge in [0.15, 0.2) is 0 Å². The largest absolute Gasteiger partial charge is 0.350 e. The van der Waals surface area contributed by atoms with Gasteiger partial charge in [-0.3, -0.25) is 14.7 Å². The molecule has 4 rings (SSSR count). The molecule has 1 aromatic carbocycles. The molecule has 1 atom stereocenters. The van der Waals surface area contributed by atoms with E-state index in [9.17, 15) is 4.79 Å². The fourth-order valence-electron chi connectivity index (χ4n) is 3.70. The molecule has 6 heteroatoms. The maximum Gasteiger partial charge on any atom is 0.253 e. The Morgan fingerprint density at radius 3 is 2.85 bits per heavy atom. The number of nitrogens with zero attached hydrogens (tertiary/aromatic N) is 2. The number of amides is 1. The van der Waals surface area contributed by atoms with Gasteiger partial charge in [0.1, 0.15) is 0 Å². The van der Waals surface area contributed by atoms with Crippen molar-refractivity contribution in [3.05, 3.63) is 62.9 Å². The van der Waals surface area contributed by atoms with Crippen molar-refractivity contribution in [3.8, 4) is 0 Å². The molecule has 3 heterocycles. The second-order valence-electron chi connectivity index (χ2n) is 6.94. The van der Waals surface area contributed by atoms with E-state index >= 15 is 0 Å². The number of carbonyl (C=O) groups excluding carboxylic acids is 1. The van der Waals surface area contributed by atoms with Gasteiger partial charge < -0.3 is 5.32 Å². The molecule has 0 unspecified atom stereocenters. The normalized spacial score (nSPS) is 15.9. The number of pyridine rings is 1. The molecule has 0 saturated carbocycles. The lowest BCUT2D eigenvalue weighted by Crippen LogP contribution is -2.36. The van der Waals surface area contributed by atoms with Gasteiger partial charge in [0.25, 0.3) is 5.91 Å². The number of thiophene rings is 1. The average Bonchev–Trinajstić information content (AvgIpc) is 3.36. The number of nitrogens with one attached hydrogen (secondary N) is 1. The van der Waals surface area contributed by atoms with Crippen LogP contribution in [-0.4, -0.2) is 35.4 Å². The topological polar surface area (TPSA) is 45.2 Å². The molecule has 0 bridgehead atoms. The first-order valence-corrected chi connectivity index (χ1v) is 10.5. The quantitative estimate of drug-likeness (QED) is 0.668. The molecule has 0 radical (unpaired) electrons. The average molecular weight is 400 g/mol. The number of carbonyl (C=O) groups is 1. The van der Waals surface area contributed by atoms with Gasteiger partial charge in [-0.1, -0.05) is 17.7 Å². The zero-order chi connectivity index (χ0) is 18.8. The van der Waals surface area contributed by atoms with Crippen molar-refractivity contribution < 1.29 is 4.79 Å². The predicted molar refractivity (Wildman–Crippen MR) is 112 cm³/mol. The van der Waals surface area contributed by atoms with Crippen molar-refractivity contribution in [2.45, 2.75) is 25.8 Å². The van der Waals surface area contributed by atoms with Gasteiger partial charge in [-0.2, -0.15) is 0 Å². The third kappa shape index (κ3) is 4.00. The highest BCUT2D eigenvalue weighted by molar-refractivity contribution is 7.10. The summed E-state index contributed by atoms with van der Waals surface area (Å²) in [5.74, 6) is -0.0809. The Balaban J connectivity index is 1.54. The molecule has 0 aliphatic carbocycles. The fraction of sp³-hybridized carbons (Fsp3) is 0.333. The third-order valence-electron chi connectivity index (χ3n) is 5.12. The number of benzene rings is 1. The number of likely N-dealkylation sites (tertiary alicyclic amines) is 1. The first-order chi connectivity index (χ1) is 13.1. The molecule has 1 saturated heterocycles. The van der Waals surface area contributed by atoms with E-state index in [4.69, 9.17) is 11.6 Å². The molecular weight excluding hydrogens is 378 g/mol. The Labute approximate surface area is 168 Å². The van der Waals surface area contributed by atoms with Crippen molar-refractivity contribution in [3.63, 3.8) is 0 Å². The SMILES string of the molecule is Cc1nc2ccc(Cl)cc2cc1C(=O)NC[C@@H](c1cccs1)N1CCCC1. The number of halogens is 1. The maximum atomic E-state index is 12.9. The lowest BCUT2D eigenvalue weighted by atomic mass is 10.1. The smallest absolute Gasteiger partial charge is 0.253 e. The number of fused-ring (bicyclic) bond motifs is 1. The first kappa shape index (κ1) is 18.4. The van der Waals surface area contributed by atoms with E-state index < -0.39 is 0 Å². The van der Waals surface area contributed by atoms with Crippen LogP contribution in [0.25, 0.3) is 10.9 Å². The van der Waals surface area contributed by atoms with E-state index in [1.54, 1.807) is 11.3 Å². The van der Waals surface area contributed by atoms with Crippen molar-refractivity contribution in [1.82, 2.24) is 15.2 Å². The van der Waals surface area contributed by atoms with Crippen LogP contribution in [0.3, 0.4) is 0 Å². The maximum absolute atomic E-state index is 12.9. The number of aryl methyl sites for hydroxylation is 1. The molecule has 1 fully saturated rings. The van der Waals surface area contributed by atoms with Crippen LogP contribution in [-0.2, 0) is 0 Å². The van der Waals surface area contributed by atoms with E-state index in [2.05, 4.69) is 32.7 Å². The van der Waals surface area contributed by atoms with Crippen LogP contribution < -0.4 is 5.32 Å².